The molecule has 3 aromatic rings. The van der Waals surface area contributed by atoms with E-state index in [0.29, 0.717) is 36.0 Å². The highest BCUT2D eigenvalue weighted by Crippen LogP contribution is 2.31. The Morgan fingerprint density at radius 1 is 0.912 bits per heavy atom. The van der Waals surface area contributed by atoms with Gasteiger partial charge in [0.15, 0.2) is 11.5 Å². The average Bonchev–Trinajstić information content (AvgIpc) is 2.83. The molecule has 0 bridgehead atoms. The Morgan fingerprint density at radius 2 is 1.65 bits per heavy atom. The maximum atomic E-state index is 13.1. The average molecular weight is 521 g/mol. The van der Waals surface area contributed by atoms with Gasteiger partial charge in [-0.2, -0.15) is 0 Å². The summed E-state index contributed by atoms with van der Waals surface area (Å²) in [4.78, 5) is 38.9. The van der Waals surface area contributed by atoms with Gasteiger partial charge in [0.25, 0.3) is 11.8 Å². The number of carbonyl (C=O) groups excluding carboxylic acids is 3. The first-order valence-electron chi connectivity index (χ1n) is 10.6. The molecule has 0 aliphatic carbocycles. The Kier molecular flexibility index (Phi) is 7.08. The number of rotatable bonds is 7. The minimum atomic E-state index is -0.797. The zero-order valence-corrected chi connectivity index (χ0v) is 19.9. The highest BCUT2D eigenvalue weighted by atomic mass is 79.9. The quantitative estimate of drug-likeness (QED) is 0.346. The van der Waals surface area contributed by atoms with E-state index < -0.39 is 17.8 Å². The van der Waals surface area contributed by atoms with Crippen molar-refractivity contribution in [1.82, 2.24) is 5.32 Å². The van der Waals surface area contributed by atoms with Crippen LogP contribution >= 0.6 is 15.9 Å². The van der Waals surface area contributed by atoms with Crippen molar-refractivity contribution in [3.05, 3.63) is 94.0 Å². The summed E-state index contributed by atoms with van der Waals surface area (Å²) in [7, 11) is 0. The van der Waals surface area contributed by atoms with Crippen LogP contribution in [-0.4, -0.2) is 24.5 Å². The number of urea groups is 1. The van der Waals surface area contributed by atoms with Gasteiger partial charge < -0.3 is 9.47 Å². The number of carbonyl (C=O) groups is 3. The van der Waals surface area contributed by atoms with E-state index in [1.165, 1.54) is 6.08 Å². The molecule has 7 nitrogen and oxygen atoms in total. The van der Waals surface area contributed by atoms with Crippen LogP contribution in [0.2, 0.25) is 0 Å². The standard InChI is InChI=1S/C26H21BrN2O5/c1-2-33-23-15-18(8-13-22(23)34-16-17-6-4-3-5-7-17)14-21-24(30)28-26(32)29(25(21)31)20-11-9-19(27)10-12-20/h3-15H,2,16H2,1H3,(H,28,30,32)/b21-14+. The molecule has 0 unspecified atom stereocenters. The first-order chi connectivity index (χ1) is 16.5. The summed E-state index contributed by atoms with van der Waals surface area (Å²) in [6.45, 7) is 2.63. The van der Waals surface area contributed by atoms with Gasteiger partial charge in [0, 0.05) is 4.47 Å². The number of anilines is 1. The van der Waals surface area contributed by atoms with E-state index in [1.807, 2.05) is 37.3 Å². The summed E-state index contributed by atoms with van der Waals surface area (Å²) < 4.78 is 12.4. The number of halogens is 1. The Labute approximate surface area is 205 Å². The molecule has 1 aliphatic rings. The predicted molar refractivity (Wildman–Crippen MR) is 132 cm³/mol. The van der Waals surface area contributed by atoms with Gasteiger partial charge >= 0.3 is 6.03 Å². The summed E-state index contributed by atoms with van der Waals surface area (Å²) in [5, 5.41) is 2.22. The van der Waals surface area contributed by atoms with Crippen LogP contribution in [0.1, 0.15) is 18.1 Å². The number of benzene rings is 3. The van der Waals surface area contributed by atoms with Crippen LogP contribution in [0, 0.1) is 0 Å². The highest BCUT2D eigenvalue weighted by Gasteiger charge is 2.36. The zero-order chi connectivity index (χ0) is 24.1. The molecule has 1 fully saturated rings. The lowest BCUT2D eigenvalue weighted by Crippen LogP contribution is -2.54. The molecular weight excluding hydrogens is 500 g/mol. The van der Waals surface area contributed by atoms with E-state index in [0.717, 1.165) is 14.9 Å². The van der Waals surface area contributed by atoms with Gasteiger partial charge in [-0.25, -0.2) is 9.69 Å². The number of hydrogen-bond acceptors (Lipinski definition) is 5. The SMILES string of the molecule is CCOc1cc(/C=C2\C(=O)NC(=O)N(c3ccc(Br)cc3)C2=O)ccc1OCc1ccccc1. The number of ether oxygens (including phenoxy) is 2. The first-order valence-corrected chi connectivity index (χ1v) is 11.4. The van der Waals surface area contributed by atoms with Gasteiger partial charge in [-0.3, -0.25) is 14.9 Å². The van der Waals surface area contributed by atoms with Crippen molar-refractivity contribution in [2.75, 3.05) is 11.5 Å². The number of nitrogens with one attached hydrogen (secondary N) is 1. The molecule has 0 radical (unpaired) electrons. The van der Waals surface area contributed by atoms with Crippen LogP contribution in [0.5, 0.6) is 11.5 Å². The van der Waals surface area contributed by atoms with E-state index >= 15 is 0 Å². The van der Waals surface area contributed by atoms with Crippen LogP contribution < -0.4 is 19.7 Å². The Balaban J connectivity index is 1.61. The van der Waals surface area contributed by atoms with Crippen molar-refractivity contribution in [1.29, 1.82) is 0 Å². The van der Waals surface area contributed by atoms with Crippen LogP contribution in [0.15, 0.2) is 82.8 Å². The molecule has 4 rings (SSSR count). The largest absolute Gasteiger partial charge is 0.490 e. The molecule has 3 aromatic carbocycles. The maximum Gasteiger partial charge on any atom is 0.335 e. The number of imide groups is 2. The minimum Gasteiger partial charge on any atom is -0.490 e. The minimum absolute atomic E-state index is 0.164. The second-order valence-corrected chi connectivity index (χ2v) is 8.26. The zero-order valence-electron chi connectivity index (χ0n) is 18.3. The molecule has 34 heavy (non-hydrogen) atoms. The van der Waals surface area contributed by atoms with Gasteiger partial charge in [-0.15, -0.1) is 0 Å². The monoisotopic (exact) mass is 520 g/mol. The molecule has 1 N–H and O–H groups in total. The lowest BCUT2D eigenvalue weighted by molar-refractivity contribution is -0.122. The van der Waals surface area contributed by atoms with Crippen molar-refractivity contribution in [2.24, 2.45) is 0 Å². The van der Waals surface area contributed by atoms with Crippen molar-refractivity contribution >= 4 is 45.5 Å². The summed E-state index contributed by atoms with van der Waals surface area (Å²) >= 11 is 3.32. The molecule has 1 heterocycles. The summed E-state index contributed by atoms with van der Waals surface area (Å²) in [6.07, 6.45) is 1.43. The molecule has 0 spiro atoms. The third-order valence-corrected chi connectivity index (χ3v) is 5.53. The van der Waals surface area contributed by atoms with E-state index in [9.17, 15) is 14.4 Å². The number of barbiturate groups is 1. The van der Waals surface area contributed by atoms with Crippen LogP contribution in [0.4, 0.5) is 10.5 Å². The fourth-order valence-electron chi connectivity index (χ4n) is 3.39. The molecule has 4 amide bonds. The molecule has 0 saturated carbocycles. The van der Waals surface area contributed by atoms with E-state index in [1.54, 1.807) is 42.5 Å². The van der Waals surface area contributed by atoms with Crippen LogP contribution in [-0.2, 0) is 16.2 Å². The van der Waals surface area contributed by atoms with Crippen molar-refractivity contribution in [3.8, 4) is 11.5 Å². The molecule has 1 aliphatic heterocycles. The first kappa shape index (κ1) is 23.3. The van der Waals surface area contributed by atoms with Crippen molar-refractivity contribution in [3.63, 3.8) is 0 Å². The topological polar surface area (TPSA) is 84.9 Å². The third kappa shape index (κ3) is 5.18. The highest BCUT2D eigenvalue weighted by molar-refractivity contribution is 9.10. The molecule has 1 saturated heterocycles. The molecular formula is C26H21BrN2O5. The number of amides is 4. The van der Waals surface area contributed by atoms with Gasteiger partial charge in [0.1, 0.15) is 12.2 Å². The van der Waals surface area contributed by atoms with Crippen molar-refractivity contribution < 1.29 is 23.9 Å². The van der Waals surface area contributed by atoms with Crippen LogP contribution in [0.25, 0.3) is 6.08 Å². The van der Waals surface area contributed by atoms with E-state index in [4.69, 9.17) is 9.47 Å². The molecule has 172 valence electrons. The predicted octanol–water partition coefficient (Wildman–Crippen LogP) is 5.09. The van der Waals surface area contributed by atoms with Gasteiger partial charge in [0.05, 0.1) is 12.3 Å². The Morgan fingerprint density at radius 3 is 2.35 bits per heavy atom. The summed E-state index contributed by atoms with van der Waals surface area (Å²) in [5.74, 6) is -0.444. The summed E-state index contributed by atoms with van der Waals surface area (Å²) in [6, 6.07) is 20.7. The lowest BCUT2D eigenvalue weighted by atomic mass is 10.1. The van der Waals surface area contributed by atoms with Gasteiger partial charge in [-0.1, -0.05) is 52.3 Å². The molecule has 0 aromatic heterocycles. The lowest BCUT2D eigenvalue weighted by Gasteiger charge is -2.26. The van der Waals surface area contributed by atoms with E-state index in [2.05, 4.69) is 21.2 Å². The Bertz CT molecular complexity index is 1260. The smallest absolute Gasteiger partial charge is 0.335 e. The normalized spacial score (nSPS) is 14.8. The van der Waals surface area contributed by atoms with Crippen molar-refractivity contribution in [2.45, 2.75) is 13.5 Å². The molecule has 0 atom stereocenters. The van der Waals surface area contributed by atoms with Gasteiger partial charge in [-0.05, 0) is 60.5 Å². The number of hydrogen-bond donors (Lipinski definition) is 1. The number of nitrogens with zero attached hydrogens (tertiary/aromatic N) is 1. The third-order valence-electron chi connectivity index (χ3n) is 5.00. The summed E-state index contributed by atoms with van der Waals surface area (Å²) in [5.41, 5.74) is 1.75. The maximum absolute atomic E-state index is 13.1. The van der Waals surface area contributed by atoms with E-state index in [-0.39, 0.29) is 5.57 Å². The second kappa shape index (κ2) is 10.4. The fraction of sp³-hybridized carbons (Fsp3) is 0.115. The fourth-order valence-corrected chi connectivity index (χ4v) is 3.65. The Hall–Kier alpha value is -3.91. The van der Waals surface area contributed by atoms with Gasteiger partial charge in [0.2, 0.25) is 0 Å². The second-order valence-electron chi connectivity index (χ2n) is 7.35. The molecule has 8 heteroatoms. The van der Waals surface area contributed by atoms with Crippen LogP contribution in [0.3, 0.4) is 0 Å².